The molecule has 0 bridgehead atoms. The Kier molecular flexibility index (Phi) is 6.17. The third kappa shape index (κ3) is 5.32. The van der Waals surface area contributed by atoms with E-state index in [1.54, 1.807) is 0 Å². The van der Waals surface area contributed by atoms with Crippen LogP contribution in [-0.4, -0.2) is 31.6 Å². The molecule has 1 aromatic rings. The maximum absolute atomic E-state index is 5.15. The number of nitrogens with zero attached hydrogens (tertiary/aromatic N) is 1. The van der Waals surface area contributed by atoms with Crippen molar-refractivity contribution < 1.29 is 0 Å². The van der Waals surface area contributed by atoms with Crippen molar-refractivity contribution in [3.8, 4) is 12.3 Å². The van der Waals surface area contributed by atoms with Gasteiger partial charge in [0, 0.05) is 24.1 Å². The molecule has 0 aliphatic rings. The number of hydrogen-bond donors (Lipinski definition) is 1. The van der Waals surface area contributed by atoms with Gasteiger partial charge in [-0.05, 0) is 24.7 Å². The molecule has 0 unspecified atom stereocenters. The van der Waals surface area contributed by atoms with E-state index in [2.05, 4.69) is 57.3 Å². The van der Waals surface area contributed by atoms with Gasteiger partial charge in [0.2, 0.25) is 0 Å². The van der Waals surface area contributed by atoms with Gasteiger partial charge in [0.1, 0.15) is 0 Å². The Morgan fingerprint density at radius 1 is 1.50 bits per heavy atom. The molecule has 0 fully saturated rings. The maximum Gasteiger partial charge on any atom is 0.0574 e. The van der Waals surface area contributed by atoms with Crippen LogP contribution in [0, 0.1) is 12.3 Å². The van der Waals surface area contributed by atoms with E-state index >= 15 is 0 Å². The zero-order chi connectivity index (χ0) is 11.8. The minimum atomic E-state index is 0.644. The molecule has 1 aromatic carbocycles. The predicted molar refractivity (Wildman–Crippen MR) is 72.2 cm³/mol. The summed E-state index contributed by atoms with van der Waals surface area (Å²) in [6.07, 6.45) is 5.15. The fourth-order valence-electron chi connectivity index (χ4n) is 1.46. The van der Waals surface area contributed by atoms with Crippen molar-refractivity contribution in [3.63, 3.8) is 0 Å². The van der Waals surface area contributed by atoms with Gasteiger partial charge in [-0.3, -0.25) is 0 Å². The molecule has 0 aromatic heterocycles. The number of terminal acetylenes is 1. The molecule has 0 saturated carbocycles. The number of hydrogen-bond acceptors (Lipinski definition) is 2. The largest absolute Gasteiger partial charge is 0.305 e. The monoisotopic (exact) mass is 280 g/mol. The Morgan fingerprint density at radius 2 is 2.31 bits per heavy atom. The second kappa shape index (κ2) is 7.45. The average Bonchev–Trinajstić information content (AvgIpc) is 2.24. The minimum absolute atomic E-state index is 0.644. The Morgan fingerprint density at radius 3 is 3.00 bits per heavy atom. The van der Waals surface area contributed by atoms with Crippen LogP contribution in [0.15, 0.2) is 28.7 Å². The summed E-state index contributed by atoms with van der Waals surface area (Å²) in [4.78, 5) is 2.27. The molecular weight excluding hydrogens is 264 g/mol. The summed E-state index contributed by atoms with van der Waals surface area (Å²) in [5.74, 6) is 2.56. The SMILES string of the molecule is C#CCNCCN(C)Cc1cccc(Br)c1. The lowest BCUT2D eigenvalue weighted by Crippen LogP contribution is -2.29. The molecule has 0 heterocycles. The number of likely N-dealkylation sites (N-methyl/N-ethyl adjacent to an activating group) is 1. The highest BCUT2D eigenvalue weighted by Crippen LogP contribution is 2.12. The van der Waals surface area contributed by atoms with Gasteiger partial charge < -0.3 is 10.2 Å². The van der Waals surface area contributed by atoms with Gasteiger partial charge >= 0.3 is 0 Å². The first-order valence-electron chi connectivity index (χ1n) is 5.29. The van der Waals surface area contributed by atoms with Gasteiger partial charge in [-0.25, -0.2) is 0 Å². The summed E-state index contributed by atoms with van der Waals surface area (Å²) in [5.41, 5.74) is 1.31. The van der Waals surface area contributed by atoms with Crippen molar-refractivity contribution in [3.05, 3.63) is 34.3 Å². The first kappa shape index (κ1) is 13.2. The fourth-order valence-corrected chi connectivity index (χ4v) is 1.90. The second-order valence-corrected chi connectivity index (χ2v) is 4.66. The van der Waals surface area contributed by atoms with E-state index in [0.29, 0.717) is 6.54 Å². The van der Waals surface area contributed by atoms with E-state index in [1.807, 2.05) is 6.07 Å². The number of rotatable bonds is 6. The van der Waals surface area contributed by atoms with Crippen molar-refractivity contribution in [1.82, 2.24) is 10.2 Å². The van der Waals surface area contributed by atoms with E-state index in [0.717, 1.165) is 24.1 Å². The summed E-state index contributed by atoms with van der Waals surface area (Å²) in [5, 5.41) is 3.18. The van der Waals surface area contributed by atoms with Crippen LogP contribution in [-0.2, 0) is 6.54 Å². The van der Waals surface area contributed by atoms with Crippen LogP contribution in [0.25, 0.3) is 0 Å². The van der Waals surface area contributed by atoms with Crippen LogP contribution >= 0.6 is 15.9 Å². The molecule has 0 atom stereocenters. The lowest BCUT2D eigenvalue weighted by atomic mass is 10.2. The molecule has 0 saturated heterocycles. The van der Waals surface area contributed by atoms with Crippen LogP contribution in [0.3, 0.4) is 0 Å². The summed E-state index contributed by atoms with van der Waals surface area (Å²) in [6, 6.07) is 8.38. The quantitative estimate of drug-likeness (QED) is 0.634. The third-order valence-electron chi connectivity index (χ3n) is 2.24. The van der Waals surface area contributed by atoms with Crippen LogP contribution < -0.4 is 5.32 Å². The molecule has 1 N–H and O–H groups in total. The Bertz CT molecular complexity index is 357. The van der Waals surface area contributed by atoms with Gasteiger partial charge in [0.25, 0.3) is 0 Å². The van der Waals surface area contributed by atoms with Gasteiger partial charge in [0.15, 0.2) is 0 Å². The first-order valence-corrected chi connectivity index (χ1v) is 6.09. The molecule has 0 amide bonds. The van der Waals surface area contributed by atoms with E-state index in [4.69, 9.17) is 6.42 Å². The normalized spacial score (nSPS) is 10.4. The average molecular weight is 281 g/mol. The van der Waals surface area contributed by atoms with E-state index in [-0.39, 0.29) is 0 Å². The first-order chi connectivity index (χ1) is 7.72. The van der Waals surface area contributed by atoms with E-state index < -0.39 is 0 Å². The van der Waals surface area contributed by atoms with Gasteiger partial charge in [0.05, 0.1) is 6.54 Å². The zero-order valence-electron chi connectivity index (χ0n) is 9.54. The molecular formula is C13H17BrN2. The molecule has 0 radical (unpaired) electrons. The van der Waals surface area contributed by atoms with Gasteiger partial charge in [-0.15, -0.1) is 6.42 Å². The maximum atomic E-state index is 5.15. The molecule has 0 aliphatic heterocycles. The predicted octanol–water partition coefficient (Wildman–Crippen LogP) is 2.10. The summed E-state index contributed by atoms with van der Waals surface area (Å²) < 4.78 is 1.13. The van der Waals surface area contributed by atoms with Gasteiger partial charge in [-0.1, -0.05) is 34.0 Å². The zero-order valence-corrected chi connectivity index (χ0v) is 11.1. The van der Waals surface area contributed by atoms with Crippen LogP contribution in [0.4, 0.5) is 0 Å². The topological polar surface area (TPSA) is 15.3 Å². The molecule has 0 spiro atoms. The number of halogens is 1. The standard InChI is InChI=1S/C13H17BrN2/c1-3-7-15-8-9-16(2)11-12-5-4-6-13(14)10-12/h1,4-6,10,15H,7-9,11H2,2H3. The summed E-state index contributed by atoms with van der Waals surface area (Å²) in [7, 11) is 2.11. The van der Waals surface area contributed by atoms with Crippen LogP contribution in [0.5, 0.6) is 0 Å². The van der Waals surface area contributed by atoms with Crippen LogP contribution in [0.1, 0.15) is 5.56 Å². The lowest BCUT2D eigenvalue weighted by Gasteiger charge is -2.16. The summed E-state index contributed by atoms with van der Waals surface area (Å²) in [6.45, 7) is 3.52. The highest BCUT2D eigenvalue weighted by atomic mass is 79.9. The smallest absolute Gasteiger partial charge is 0.0574 e. The number of benzene rings is 1. The van der Waals surface area contributed by atoms with Gasteiger partial charge in [-0.2, -0.15) is 0 Å². The molecule has 2 nitrogen and oxygen atoms in total. The molecule has 0 aliphatic carbocycles. The molecule has 16 heavy (non-hydrogen) atoms. The highest BCUT2D eigenvalue weighted by Gasteiger charge is 2.00. The molecule has 1 rings (SSSR count). The Labute approximate surface area is 106 Å². The molecule has 86 valence electrons. The minimum Gasteiger partial charge on any atom is -0.305 e. The van der Waals surface area contributed by atoms with Crippen molar-refractivity contribution in [1.29, 1.82) is 0 Å². The Balaban J connectivity index is 2.29. The van der Waals surface area contributed by atoms with Crippen molar-refractivity contribution in [2.75, 3.05) is 26.7 Å². The van der Waals surface area contributed by atoms with Crippen molar-refractivity contribution in [2.24, 2.45) is 0 Å². The van der Waals surface area contributed by atoms with Crippen LogP contribution in [0.2, 0.25) is 0 Å². The van der Waals surface area contributed by atoms with E-state index in [1.165, 1.54) is 5.56 Å². The highest BCUT2D eigenvalue weighted by molar-refractivity contribution is 9.10. The fraction of sp³-hybridized carbons (Fsp3) is 0.385. The lowest BCUT2D eigenvalue weighted by molar-refractivity contribution is 0.327. The second-order valence-electron chi connectivity index (χ2n) is 3.75. The van der Waals surface area contributed by atoms with E-state index in [9.17, 15) is 0 Å². The van der Waals surface area contributed by atoms with Crippen molar-refractivity contribution >= 4 is 15.9 Å². The molecule has 3 heteroatoms. The summed E-state index contributed by atoms with van der Waals surface area (Å²) >= 11 is 3.47. The number of nitrogens with one attached hydrogen (secondary N) is 1. The Hall–Kier alpha value is -0.820. The van der Waals surface area contributed by atoms with Crippen molar-refractivity contribution in [2.45, 2.75) is 6.54 Å². The third-order valence-corrected chi connectivity index (χ3v) is 2.73.